The van der Waals surface area contributed by atoms with Crippen LogP contribution in [0, 0.1) is 0 Å². The fourth-order valence-corrected chi connectivity index (χ4v) is 1.60. The van der Waals surface area contributed by atoms with Crippen molar-refractivity contribution < 1.29 is 19.4 Å². The minimum atomic E-state index is -1.07. The maximum absolute atomic E-state index is 11.5. The molecule has 1 heterocycles. The molecule has 16 heavy (non-hydrogen) atoms. The quantitative estimate of drug-likeness (QED) is 0.509. The van der Waals surface area contributed by atoms with Gasteiger partial charge in [-0.25, -0.2) is 0 Å². The van der Waals surface area contributed by atoms with Crippen LogP contribution in [-0.4, -0.2) is 67.3 Å². The Morgan fingerprint density at radius 2 is 2.38 bits per heavy atom. The summed E-state index contributed by atoms with van der Waals surface area (Å²) in [4.78, 5) is 23.9. The summed E-state index contributed by atoms with van der Waals surface area (Å²) in [7, 11) is 1.53. The van der Waals surface area contributed by atoms with Crippen molar-refractivity contribution in [1.82, 2.24) is 10.2 Å². The average Bonchev–Trinajstić information content (AvgIpc) is 2.28. The zero-order chi connectivity index (χ0) is 12.1. The van der Waals surface area contributed by atoms with E-state index < -0.39 is 18.1 Å². The van der Waals surface area contributed by atoms with E-state index in [2.05, 4.69) is 5.32 Å². The monoisotopic (exact) mass is 231 g/mol. The van der Waals surface area contributed by atoms with Gasteiger partial charge in [0.2, 0.25) is 5.91 Å². The lowest BCUT2D eigenvalue weighted by Crippen LogP contribution is -2.57. The van der Waals surface area contributed by atoms with Gasteiger partial charge < -0.3 is 20.9 Å². The molecule has 2 unspecified atom stereocenters. The number of nitrogens with two attached hydrogens (primary N) is 1. The van der Waals surface area contributed by atoms with Crippen LogP contribution in [0.15, 0.2) is 0 Å². The second-order valence-corrected chi connectivity index (χ2v) is 3.64. The molecular weight excluding hydrogens is 214 g/mol. The molecule has 2 atom stereocenters. The highest BCUT2D eigenvalue weighted by molar-refractivity contribution is 5.82. The Hall–Kier alpha value is -1.18. The Labute approximate surface area is 93.5 Å². The van der Waals surface area contributed by atoms with Gasteiger partial charge in [0.25, 0.3) is 0 Å². The van der Waals surface area contributed by atoms with Gasteiger partial charge in [-0.15, -0.1) is 0 Å². The van der Waals surface area contributed by atoms with Gasteiger partial charge in [0.1, 0.15) is 12.1 Å². The minimum absolute atomic E-state index is 0.150. The van der Waals surface area contributed by atoms with Gasteiger partial charge in [0.15, 0.2) is 0 Å². The topological polar surface area (TPSA) is 105 Å². The van der Waals surface area contributed by atoms with E-state index in [4.69, 9.17) is 15.6 Å². The zero-order valence-electron chi connectivity index (χ0n) is 9.18. The molecule has 0 aromatic carbocycles. The molecule has 92 valence electrons. The fourth-order valence-electron chi connectivity index (χ4n) is 1.60. The van der Waals surface area contributed by atoms with Crippen molar-refractivity contribution in [2.75, 3.05) is 33.4 Å². The summed E-state index contributed by atoms with van der Waals surface area (Å²) in [5.41, 5.74) is 5.44. The summed E-state index contributed by atoms with van der Waals surface area (Å²) in [6.45, 7) is 1.42. The Bertz CT molecular complexity index is 271. The van der Waals surface area contributed by atoms with Gasteiger partial charge in [-0.3, -0.25) is 14.5 Å². The van der Waals surface area contributed by atoms with Gasteiger partial charge in [-0.2, -0.15) is 0 Å². The standard InChI is InChI=1S/C9H17N3O4/c1-11-8(13)7-5-16-3-2-12(7)4-6(10)9(14)15/h6-7H,2-5,10H2,1H3,(H,11,13)(H,14,15). The van der Waals surface area contributed by atoms with Gasteiger partial charge in [0, 0.05) is 20.1 Å². The molecule has 0 aromatic rings. The Balaban J connectivity index is 2.60. The predicted molar refractivity (Wildman–Crippen MR) is 55.9 cm³/mol. The van der Waals surface area contributed by atoms with Crippen molar-refractivity contribution in [2.24, 2.45) is 5.73 Å². The van der Waals surface area contributed by atoms with E-state index in [9.17, 15) is 9.59 Å². The highest BCUT2D eigenvalue weighted by atomic mass is 16.5. The highest BCUT2D eigenvalue weighted by Gasteiger charge is 2.30. The lowest BCUT2D eigenvalue weighted by atomic mass is 10.2. The summed E-state index contributed by atoms with van der Waals surface area (Å²) in [5, 5.41) is 11.2. The molecule has 0 saturated carbocycles. The SMILES string of the molecule is CNC(=O)C1COCCN1CC(N)C(=O)O. The molecule has 4 N–H and O–H groups in total. The molecule has 0 spiro atoms. The lowest BCUT2D eigenvalue weighted by Gasteiger charge is -2.34. The van der Waals surface area contributed by atoms with Crippen molar-refractivity contribution >= 4 is 11.9 Å². The molecular formula is C9H17N3O4. The van der Waals surface area contributed by atoms with E-state index in [1.807, 2.05) is 0 Å². The van der Waals surface area contributed by atoms with E-state index in [-0.39, 0.29) is 19.1 Å². The van der Waals surface area contributed by atoms with E-state index >= 15 is 0 Å². The van der Waals surface area contributed by atoms with Crippen LogP contribution in [0.1, 0.15) is 0 Å². The van der Waals surface area contributed by atoms with E-state index in [1.165, 1.54) is 7.05 Å². The Morgan fingerprint density at radius 1 is 1.69 bits per heavy atom. The number of rotatable bonds is 4. The van der Waals surface area contributed by atoms with Crippen molar-refractivity contribution in [1.29, 1.82) is 0 Å². The molecule has 7 heteroatoms. The summed E-state index contributed by atoms with van der Waals surface area (Å²) >= 11 is 0. The molecule has 1 aliphatic heterocycles. The first-order valence-corrected chi connectivity index (χ1v) is 5.08. The summed E-state index contributed by atoms with van der Waals surface area (Å²) < 4.78 is 5.19. The molecule has 1 amide bonds. The van der Waals surface area contributed by atoms with Crippen molar-refractivity contribution in [2.45, 2.75) is 12.1 Å². The first kappa shape index (κ1) is 12.9. The fraction of sp³-hybridized carbons (Fsp3) is 0.778. The van der Waals surface area contributed by atoms with E-state index in [1.54, 1.807) is 4.90 Å². The number of carbonyl (C=O) groups excluding carboxylic acids is 1. The third-order valence-electron chi connectivity index (χ3n) is 2.54. The lowest BCUT2D eigenvalue weighted by molar-refractivity contribution is -0.141. The number of amides is 1. The first-order chi connectivity index (χ1) is 7.56. The molecule has 0 aliphatic carbocycles. The first-order valence-electron chi connectivity index (χ1n) is 5.08. The Kier molecular flexibility index (Phi) is 4.66. The number of ether oxygens (including phenoxy) is 1. The normalized spacial score (nSPS) is 23.8. The second-order valence-electron chi connectivity index (χ2n) is 3.64. The van der Waals surface area contributed by atoms with Crippen molar-refractivity contribution in [3.8, 4) is 0 Å². The number of nitrogens with one attached hydrogen (secondary N) is 1. The van der Waals surface area contributed by atoms with Crippen LogP contribution in [0.4, 0.5) is 0 Å². The molecule has 7 nitrogen and oxygen atoms in total. The maximum atomic E-state index is 11.5. The van der Waals surface area contributed by atoms with Crippen LogP contribution in [0.3, 0.4) is 0 Å². The summed E-state index contributed by atoms with van der Waals surface area (Å²) in [6.07, 6.45) is 0. The molecule has 0 aromatic heterocycles. The minimum Gasteiger partial charge on any atom is -0.480 e. The van der Waals surface area contributed by atoms with Gasteiger partial charge >= 0.3 is 5.97 Å². The van der Waals surface area contributed by atoms with Crippen LogP contribution in [0.25, 0.3) is 0 Å². The van der Waals surface area contributed by atoms with Crippen LogP contribution in [0.5, 0.6) is 0 Å². The molecule has 0 radical (unpaired) electrons. The number of morpholine rings is 1. The summed E-state index contributed by atoms with van der Waals surface area (Å²) in [5.74, 6) is -1.25. The third-order valence-corrected chi connectivity index (χ3v) is 2.54. The molecule has 1 rings (SSSR count). The molecule has 1 fully saturated rings. The molecule has 1 aliphatic rings. The third kappa shape index (κ3) is 3.16. The van der Waals surface area contributed by atoms with Gasteiger partial charge in [-0.05, 0) is 0 Å². The highest BCUT2D eigenvalue weighted by Crippen LogP contribution is 2.07. The Morgan fingerprint density at radius 3 is 2.94 bits per heavy atom. The smallest absolute Gasteiger partial charge is 0.321 e. The number of likely N-dealkylation sites (N-methyl/N-ethyl adjacent to an activating group) is 1. The number of hydrogen-bond acceptors (Lipinski definition) is 5. The van der Waals surface area contributed by atoms with Crippen LogP contribution in [0.2, 0.25) is 0 Å². The van der Waals surface area contributed by atoms with Crippen molar-refractivity contribution in [3.05, 3.63) is 0 Å². The van der Waals surface area contributed by atoms with Crippen LogP contribution < -0.4 is 11.1 Å². The summed E-state index contributed by atoms with van der Waals surface area (Å²) in [6, 6.07) is -1.44. The predicted octanol–water partition coefficient (Wildman–Crippen LogP) is -2.15. The number of aliphatic carboxylic acids is 1. The van der Waals surface area contributed by atoms with E-state index in [0.717, 1.165) is 0 Å². The number of nitrogens with zero attached hydrogens (tertiary/aromatic N) is 1. The van der Waals surface area contributed by atoms with Crippen LogP contribution in [-0.2, 0) is 14.3 Å². The number of hydrogen-bond donors (Lipinski definition) is 3. The number of carboxylic acid groups (broad SMARTS) is 1. The van der Waals surface area contributed by atoms with E-state index in [0.29, 0.717) is 13.2 Å². The molecule has 0 bridgehead atoms. The van der Waals surface area contributed by atoms with Crippen molar-refractivity contribution in [3.63, 3.8) is 0 Å². The number of carbonyl (C=O) groups is 2. The molecule has 1 saturated heterocycles. The zero-order valence-corrected chi connectivity index (χ0v) is 9.18. The average molecular weight is 231 g/mol. The number of carboxylic acids is 1. The second kappa shape index (κ2) is 5.78. The largest absolute Gasteiger partial charge is 0.480 e. The van der Waals surface area contributed by atoms with Gasteiger partial charge in [-0.1, -0.05) is 0 Å². The van der Waals surface area contributed by atoms with Crippen LogP contribution >= 0.6 is 0 Å². The maximum Gasteiger partial charge on any atom is 0.321 e. The van der Waals surface area contributed by atoms with Gasteiger partial charge in [0.05, 0.1) is 13.2 Å².